The molecule has 0 radical (unpaired) electrons. The molecule has 0 unspecified atom stereocenters. The number of halogens is 2. The minimum absolute atomic E-state index is 0.0521. The van der Waals surface area contributed by atoms with Crippen LogP contribution in [0.5, 0.6) is 0 Å². The van der Waals surface area contributed by atoms with Crippen LogP contribution in [-0.4, -0.2) is 69.1 Å². The molecular formula is C23H26F2N4O4. The van der Waals surface area contributed by atoms with Gasteiger partial charge in [0.2, 0.25) is 11.8 Å². The molecule has 0 spiro atoms. The van der Waals surface area contributed by atoms with E-state index in [-0.39, 0.29) is 36.9 Å². The number of anilines is 2. The van der Waals surface area contributed by atoms with Gasteiger partial charge in [0.1, 0.15) is 11.6 Å². The van der Waals surface area contributed by atoms with Crippen molar-refractivity contribution in [1.29, 1.82) is 0 Å². The zero-order valence-electron chi connectivity index (χ0n) is 18.3. The molecule has 176 valence electrons. The maximum absolute atomic E-state index is 13.6. The second kappa shape index (κ2) is 11.4. The van der Waals surface area contributed by atoms with Gasteiger partial charge in [-0.1, -0.05) is 0 Å². The monoisotopic (exact) mass is 460 g/mol. The largest absolute Gasteiger partial charge is 0.378 e. The Labute approximate surface area is 190 Å². The molecule has 3 rings (SSSR count). The number of likely N-dealkylation sites (N-methyl/N-ethyl adjacent to an activating group) is 1. The van der Waals surface area contributed by atoms with Gasteiger partial charge in [-0.3, -0.25) is 14.4 Å². The lowest BCUT2D eigenvalue weighted by Crippen LogP contribution is -2.37. The number of nitrogens with zero attached hydrogens (tertiary/aromatic N) is 2. The molecule has 0 aromatic heterocycles. The van der Waals surface area contributed by atoms with Crippen LogP contribution in [0.3, 0.4) is 0 Å². The average molecular weight is 460 g/mol. The SMILES string of the molecule is CN(CC(=O)Nc1ccc(N2CCOCC2)cc1)C(=O)CCNC(=O)c1ccc(F)cc1F. The molecule has 2 aromatic rings. The Kier molecular flexibility index (Phi) is 8.31. The van der Waals surface area contributed by atoms with Crippen molar-refractivity contribution in [2.45, 2.75) is 6.42 Å². The molecule has 1 aliphatic rings. The summed E-state index contributed by atoms with van der Waals surface area (Å²) in [5.74, 6) is -3.24. The van der Waals surface area contributed by atoms with E-state index < -0.39 is 17.5 Å². The topological polar surface area (TPSA) is 91.0 Å². The van der Waals surface area contributed by atoms with Crippen LogP contribution in [0.1, 0.15) is 16.8 Å². The first-order chi connectivity index (χ1) is 15.8. The summed E-state index contributed by atoms with van der Waals surface area (Å²) in [6, 6.07) is 10.1. The summed E-state index contributed by atoms with van der Waals surface area (Å²) in [6.07, 6.45) is -0.0768. The standard InChI is InChI=1S/C23H26F2N4O4/c1-28(22(31)8-9-26-23(32)19-7-2-16(24)14-20(19)25)15-21(30)27-17-3-5-18(6-4-17)29-10-12-33-13-11-29/h2-7,14H,8-13,15H2,1H3,(H,26,32)(H,27,30). The van der Waals surface area contributed by atoms with E-state index in [4.69, 9.17) is 4.74 Å². The Hall–Kier alpha value is -3.53. The quantitative estimate of drug-likeness (QED) is 0.629. The van der Waals surface area contributed by atoms with Crippen molar-refractivity contribution < 1.29 is 27.9 Å². The van der Waals surface area contributed by atoms with Gasteiger partial charge >= 0.3 is 0 Å². The van der Waals surface area contributed by atoms with Crippen LogP contribution in [0.2, 0.25) is 0 Å². The molecule has 1 aliphatic heterocycles. The van der Waals surface area contributed by atoms with Gasteiger partial charge in [0, 0.05) is 50.5 Å². The molecule has 0 atom stereocenters. The first-order valence-corrected chi connectivity index (χ1v) is 10.5. The fourth-order valence-corrected chi connectivity index (χ4v) is 3.32. The second-order valence-corrected chi connectivity index (χ2v) is 7.57. The summed E-state index contributed by atoms with van der Waals surface area (Å²) >= 11 is 0. The van der Waals surface area contributed by atoms with Crippen LogP contribution in [0.15, 0.2) is 42.5 Å². The van der Waals surface area contributed by atoms with Crippen molar-refractivity contribution in [2.75, 3.05) is 56.7 Å². The minimum atomic E-state index is -0.981. The molecule has 1 heterocycles. The lowest BCUT2D eigenvalue weighted by atomic mass is 10.2. The van der Waals surface area contributed by atoms with E-state index >= 15 is 0 Å². The number of morpholine rings is 1. The predicted molar refractivity (Wildman–Crippen MR) is 119 cm³/mol. The van der Waals surface area contributed by atoms with Crippen LogP contribution in [0.25, 0.3) is 0 Å². The number of carbonyl (C=O) groups is 3. The number of hydrogen-bond donors (Lipinski definition) is 2. The molecule has 2 aromatic carbocycles. The second-order valence-electron chi connectivity index (χ2n) is 7.57. The summed E-state index contributed by atoms with van der Waals surface area (Å²) in [5.41, 5.74) is 1.36. The van der Waals surface area contributed by atoms with Gasteiger partial charge in [-0.2, -0.15) is 0 Å². The zero-order valence-corrected chi connectivity index (χ0v) is 18.3. The Morgan fingerprint density at radius 2 is 1.76 bits per heavy atom. The van der Waals surface area contributed by atoms with E-state index in [0.29, 0.717) is 25.0 Å². The van der Waals surface area contributed by atoms with E-state index in [2.05, 4.69) is 15.5 Å². The van der Waals surface area contributed by atoms with Crippen molar-refractivity contribution in [3.05, 3.63) is 59.7 Å². The molecular weight excluding hydrogens is 434 g/mol. The average Bonchev–Trinajstić information content (AvgIpc) is 2.79. The number of amides is 3. The first-order valence-electron chi connectivity index (χ1n) is 10.5. The fraction of sp³-hybridized carbons (Fsp3) is 0.348. The van der Waals surface area contributed by atoms with Crippen LogP contribution in [-0.2, 0) is 14.3 Å². The number of ether oxygens (including phenoxy) is 1. The summed E-state index contributed by atoms with van der Waals surface area (Å²) in [4.78, 5) is 39.9. The highest BCUT2D eigenvalue weighted by atomic mass is 19.1. The van der Waals surface area contributed by atoms with Crippen molar-refractivity contribution in [3.63, 3.8) is 0 Å². The van der Waals surface area contributed by atoms with E-state index in [0.717, 1.165) is 30.9 Å². The Bertz CT molecular complexity index is 994. The van der Waals surface area contributed by atoms with Gasteiger partial charge in [-0.15, -0.1) is 0 Å². The van der Waals surface area contributed by atoms with Gasteiger partial charge in [0.15, 0.2) is 0 Å². The Morgan fingerprint density at radius 3 is 2.42 bits per heavy atom. The normalized spacial score (nSPS) is 13.4. The smallest absolute Gasteiger partial charge is 0.254 e. The van der Waals surface area contributed by atoms with Gasteiger partial charge < -0.3 is 25.2 Å². The minimum Gasteiger partial charge on any atom is -0.378 e. The Morgan fingerprint density at radius 1 is 1.06 bits per heavy atom. The fourth-order valence-electron chi connectivity index (χ4n) is 3.32. The number of nitrogens with one attached hydrogen (secondary N) is 2. The summed E-state index contributed by atoms with van der Waals surface area (Å²) in [7, 11) is 1.48. The molecule has 1 fully saturated rings. The van der Waals surface area contributed by atoms with Gasteiger partial charge in [-0.05, 0) is 36.4 Å². The van der Waals surface area contributed by atoms with E-state index in [9.17, 15) is 23.2 Å². The molecule has 1 saturated heterocycles. The molecule has 8 nitrogen and oxygen atoms in total. The molecule has 0 aliphatic carbocycles. The third-order valence-electron chi connectivity index (χ3n) is 5.13. The van der Waals surface area contributed by atoms with Crippen LogP contribution >= 0.6 is 0 Å². The van der Waals surface area contributed by atoms with Gasteiger partial charge in [0.05, 0.1) is 25.3 Å². The van der Waals surface area contributed by atoms with E-state index in [1.807, 2.05) is 12.1 Å². The van der Waals surface area contributed by atoms with E-state index in [1.54, 1.807) is 12.1 Å². The summed E-state index contributed by atoms with van der Waals surface area (Å²) < 4.78 is 31.9. The lowest BCUT2D eigenvalue weighted by Gasteiger charge is -2.28. The summed E-state index contributed by atoms with van der Waals surface area (Å²) in [6.45, 7) is 2.79. The highest BCUT2D eigenvalue weighted by Gasteiger charge is 2.16. The predicted octanol–water partition coefficient (Wildman–Crippen LogP) is 2.02. The lowest BCUT2D eigenvalue weighted by molar-refractivity contribution is -0.133. The third-order valence-corrected chi connectivity index (χ3v) is 5.13. The van der Waals surface area contributed by atoms with Crippen LogP contribution in [0, 0.1) is 11.6 Å². The van der Waals surface area contributed by atoms with E-state index in [1.165, 1.54) is 11.9 Å². The Balaban J connectivity index is 1.40. The van der Waals surface area contributed by atoms with Gasteiger partial charge in [0.25, 0.3) is 5.91 Å². The molecule has 33 heavy (non-hydrogen) atoms. The number of hydrogen-bond acceptors (Lipinski definition) is 5. The number of rotatable bonds is 8. The van der Waals surface area contributed by atoms with Crippen molar-refractivity contribution in [1.82, 2.24) is 10.2 Å². The van der Waals surface area contributed by atoms with Gasteiger partial charge in [-0.25, -0.2) is 8.78 Å². The van der Waals surface area contributed by atoms with Crippen LogP contribution in [0.4, 0.5) is 20.2 Å². The summed E-state index contributed by atoms with van der Waals surface area (Å²) in [5, 5.41) is 5.16. The highest BCUT2D eigenvalue weighted by Crippen LogP contribution is 2.19. The number of benzene rings is 2. The zero-order chi connectivity index (χ0) is 23.8. The molecule has 3 amide bonds. The molecule has 0 saturated carbocycles. The molecule has 2 N–H and O–H groups in total. The molecule has 0 bridgehead atoms. The maximum Gasteiger partial charge on any atom is 0.254 e. The number of carbonyl (C=O) groups excluding carboxylic acids is 3. The highest BCUT2D eigenvalue weighted by molar-refractivity contribution is 5.95. The van der Waals surface area contributed by atoms with Crippen molar-refractivity contribution in [3.8, 4) is 0 Å². The molecule has 10 heteroatoms. The third kappa shape index (κ3) is 6.98. The maximum atomic E-state index is 13.6. The van der Waals surface area contributed by atoms with Crippen molar-refractivity contribution in [2.24, 2.45) is 0 Å². The first kappa shape index (κ1) is 24.1. The van der Waals surface area contributed by atoms with Crippen LogP contribution < -0.4 is 15.5 Å². The van der Waals surface area contributed by atoms with Crippen molar-refractivity contribution >= 4 is 29.1 Å².